The second-order valence-corrected chi connectivity index (χ2v) is 6.41. The number of carbonyl (C=O) groups excluding carboxylic acids is 4. The molecule has 0 aliphatic carbocycles. The Bertz CT molecular complexity index is 469. The lowest BCUT2D eigenvalue weighted by Crippen LogP contribution is -2.23. The average molecular weight is 372 g/mol. The lowest BCUT2D eigenvalue weighted by atomic mass is 9.99. The first-order valence-electron chi connectivity index (χ1n) is 8.92. The smallest absolute Gasteiger partial charge is 0.306 e. The van der Waals surface area contributed by atoms with E-state index in [1.165, 1.54) is 13.8 Å². The molecule has 2 fully saturated rings. The molecule has 0 saturated carbocycles. The van der Waals surface area contributed by atoms with E-state index in [0.717, 1.165) is 12.8 Å². The van der Waals surface area contributed by atoms with E-state index in [1.807, 2.05) is 13.8 Å². The van der Waals surface area contributed by atoms with Crippen molar-refractivity contribution in [3.63, 3.8) is 0 Å². The molecule has 2 aliphatic heterocycles. The second kappa shape index (κ2) is 10.8. The van der Waals surface area contributed by atoms with Crippen LogP contribution in [0, 0.1) is 11.8 Å². The van der Waals surface area contributed by atoms with Crippen LogP contribution in [-0.2, 0) is 38.1 Å². The minimum atomic E-state index is -0.335. The summed E-state index contributed by atoms with van der Waals surface area (Å²) in [6.07, 6.45) is 2.17. The zero-order valence-electron chi connectivity index (χ0n) is 15.8. The van der Waals surface area contributed by atoms with Crippen LogP contribution in [0.1, 0.15) is 53.4 Å². The Morgan fingerprint density at radius 2 is 1.19 bits per heavy atom. The van der Waals surface area contributed by atoms with E-state index in [2.05, 4.69) is 0 Å². The van der Waals surface area contributed by atoms with Gasteiger partial charge in [0.1, 0.15) is 25.4 Å². The summed E-state index contributed by atoms with van der Waals surface area (Å²) < 4.78 is 19.6. The number of hydrogen-bond donors (Lipinski definition) is 0. The van der Waals surface area contributed by atoms with Crippen molar-refractivity contribution in [2.24, 2.45) is 11.8 Å². The van der Waals surface area contributed by atoms with Crippen LogP contribution in [0.2, 0.25) is 0 Å². The SMILES string of the molecule is CC[C@H]1CC(=O)O[C@@H]1COC(C)=O.CC[C@H]1CC(=O)O[C@H]1COC(C)=O. The molecule has 8 heteroatoms. The molecule has 8 nitrogen and oxygen atoms in total. The van der Waals surface area contributed by atoms with E-state index < -0.39 is 0 Å². The van der Waals surface area contributed by atoms with E-state index in [0.29, 0.717) is 12.8 Å². The maximum Gasteiger partial charge on any atom is 0.306 e. The normalized spacial score (nSPS) is 27.1. The molecule has 0 aromatic rings. The Hall–Kier alpha value is -2.12. The summed E-state index contributed by atoms with van der Waals surface area (Å²) in [6, 6.07) is 0. The highest BCUT2D eigenvalue weighted by Crippen LogP contribution is 2.25. The summed E-state index contributed by atoms with van der Waals surface area (Å²) in [4.78, 5) is 42.8. The van der Waals surface area contributed by atoms with E-state index in [1.54, 1.807) is 0 Å². The van der Waals surface area contributed by atoms with Gasteiger partial charge in [-0.15, -0.1) is 0 Å². The van der Waals surface area contributed by atoms with Crippen LogP contribution in [0.15, 0.2) is 0 Å². The highest BCUT2D eigenvalue weighted by molar-refractivity contribution is 5.72. The third kappa shape index (κ3) is 7.41. The fourth-order valence-corrected chi connectivity index (χ4v) is 2.87. The molecular weight excluding hydrogens is 344 g/mol. The molecule has 0 N–H and O–H groups in total. The Labute approximate surface area is 153 Å². The van der Waals surface area contributed by atoms with E-state index in [9.17, 15) is 19.2 Å². The van der Waals surface area contributed by atoms with Gasteiger partial charge in [-0.3, -0.25) is 19.2 Å². The van der Waals surface area contributed by atoms with Crippen LogP contribution in [0.4, 0.5) is 0 Å². The molecule has 0 amide bonds. The maximum atomic E-state index is 10.9. The van der Waals surface area contributed by atoms with Gasteiger partial charge in [-0.2, -0.15) is 0 Å². The summed E-state index contributed by atoms with van der Waals surface area (Å²) in [7, 11) is 0. The standard InChI is InChI=1S/2C9H14O4/c2*1-3-7-4-9(11)13-8(7)5-12-6(2)10/h2*7-8H,3-5H2,1-2H3/t7-,8+;7-,8-/m00/s1. The zero-order chi connectivity index (χ0) is 19.7. The first-order chi connectivity index (χ1) is 12.3. The van der Waals surface area contributed by atoms with E-state index >= 15 is 0 Å². The van der Waals surface area contributed by atoms with Crippen molar-refractivity contribution in [1.29, 1.82) is 0 Å². The van der Waals surface area contributed by atoms with Crippen molar-refractivity contribution in [3.8, 4) is 0 Å². The third-order valence-corrected chi connectivity index (χ3v) is 4.43. The predicted octanol–water partition coefficient (Wildman–Crippen LogP) is 1.78. The van der Waals surface area contributed by atoms with Crippen LogP contribution in [-0.4, -0.2) is 49.3 Å². The number of ether oxygens (including phenoxy) is 4. The number of esters is 4. The van der Waals surface area contributed by atoms with Crippen LogP contribution >= 0.6 is 0 Å². The van der Waals surface area contributed by atoms with E-state index in [-0.39, 0.29) is 61.1 Å². The molecule has 26 heavy (non-hydrogen) atoms. The largest absolute Gasteiger partial charge is 0.462 e. The minimum Gasteiger partial charge on any atom is -0.462 e. The summed E-state index contributed by atoms with van der Waals surface area (Å²) in [5.41, 5.74) is 0. The molecular formula is C18H28O8. The van der Waals surface area contributed by atoms with E-state index in [4.69, 9.17) is 18.9 Å². The van der Waals surface area contributed by atoms with Gasteiger partial charge in [0.2, 0.25) is 0 Å². The third-order valence-electron chi connectivity index (χ3n) is 4.43. The molecule has 0 unspecified atom stereocenters. The topological polar surface area (TPSA) is 105 Å². The number of carbonyl (C=O) groups is 4. The summed E-state index contributed by atoms with van der Waals surface area (Å²) in [5, 5.41) is 0. The molecule has 0 aromatic heterocycles. The first-order valence-corrected chi connectivity index (χ1v) is 8.92. The van der Waals surface area contributed by atoms with Crippen LogP contribution in [0.3, 0.4) is 0 Å². The van der Waals surface area contributed by atoms with Crippen molar-refractivity contribution in [2.45, 2.75) is 65.6 Å². The van der Waals surface area contributed by atoms with Gasteiger partial charge in [-0.1, -0.05) is 13.8 Å². The van der Waals surface area contributed by atoms with Gasteiger partial charge in [0, 0.05) is 25.7 Å². The van der Waals surface area contributed by atoms with Gasteiger partial charge in [0.05, 0.1) is 12.8 Å². The molecule has 0 radical (unpaired) electrons. The van der Waals surface area contributed by atoms with Crippen molar-refractivity contribution < 1.29 is 38.1 Å². The Morgan fingerprint density at radius 1 is 0.846 bits per heavy atom. The number of cyclic esters (lactones) is 2. The van der Waals surface area contributed by atoms with Crippen LogP contribution < -0.4 is 0 Å². The molecule has 148 valence electrons. The van der Waals surface area contributed by atoms with Gasteiger partial charge in [-0.25, -0.2) is 0 Å². The predicted molar refractivity (Wildman–Crippen MR) is 89.8 cm³/mol. The monoisotopic (exact) mass is 372 g/mol. The second-order valence-electron chi connectivity index (χ2n) is 6.41. The molecule has 0 bridgehead atoms. The van der Waals surface area contributed by atoms with Gasteiger partial charge < -0.3 is 18.9 Å². The summed E-state index contributed by atoms with van der Waals surface area (Å²) >= 11 is 0. The van der Waals surface area contributed by atoms with Gasteiger partial charge >= 0.3 is 23.9 Å². The fourth-order valence-electron chi connectivity index (χ4n) is 2.87. The Morgan fingerprint density at radius 3 is 1.46 bits per heavy atom. The summed E-state index contributed by atoms with van der Waals surface area (Å²) in [6.45, 7) is 7.06. The molecule has 4 atom stereocenters. The van der Waals surface area contributed by atoms with Crippen molar-refractivity contribution in [2.75, 3.05) is 13.2 Å². The number of hydrogen-bond acceptors (Lipinski definition) is 8. The molecule has 0 spiro atoms. The minimum absolute atomic E-state index is 0.191. The highest BCUT2D eigenvalue weighted by Gasteiger charge is 2.34. The average Bonchev–Trinajstić information content (AvgIpc) is 3.13. The highest BCUT2D eigenvalue weighted by atomic mass is 16.6. The van der Waals surface area contributed by atoms with Gasteiger partial charge in [-0.05, 0) is 12.8 Å². The van der Waals surface area contributed by atoms with Crippen molar-refractivity contribution in [3.05, 3.63) is 0 Å². The lowest BCUT2D eigenvalue weighted by Gasteiger charge is -2.14. The molecule has 2 saturated heterocycles. The van der Waals surface area contributed by atoms with Gasteiger partial charge in [0.15, 0.2) is 0 Å². The quantitative estimate of drug-likeness (QED) is 0.513. The zero-order valence-corrected chi connectivity index (χ0v) is 15.8. The molecule has 0 aromatic carbocycles. The fraction of sp³-hybridized carbons (Fsp3) is 0.778. The molecule has 2 aliphatic rings. The van der Waals surface area contributed by atoms with Crippen molar-refractivity contribution >= 4 is 23.9 Å². The Kier molecular flexibility index (Phi) is 9.09. The van der Waals surface area contributed by atoms with Gasteiger partial charge in [0.25, 0.3) is 0 Å². The maximum absolute atomic E-state index is 10.9. The van der Waals surface area contributed by atoms with Crippen LogP contribution in [0.25, 0.3) is 0 Å². The molecule has 2 rings (SSSR count). The molecule has 2 heterocycles. The van der Waals surface area contributed by atoms with Crippen molar-refractivity contribution in [1.82, 2.24) is 0 Å². The van der Waals surface area contributed by atoms with Crippen LogP contribution in [0.5, 0.6) is 0 Å². The first kappa shape index (κ1) is 21.9. The number of rotatable bonds is 6. The lowest BCUT2D eigenvalue weighted by molar-refractivity contribution is -0.152. The Balaban J connectivity index is 0.000000260. The summed E-state index contributed by atoms with van der Waals surface area (Å²) in [5.74, 6) is -0.651.